The van der Waals surface area contributed by atoms with Gasteiger partial charge in [-0.25, -0.2) is 9.59 Å². The summed E-state index contributed by atoms with van der Waals surface area (Å²) < 4.78 is 4.88. The van der Waals surface area contributed by atoms with E-state index in [4.69, 9.17) is 15.9 Å². The number of amidine groups is 1. The van der Waals surface area contributed by atoms with Crippen molar-refractivity contribution in [2.24, 2.45) is 17.6 Å². The van der Waals surface area contributed by atoms with Crippen molar-refractivity contribution in [3.63, 3.8) is 0 Å². The van der Waals surface area contributed by atoms with Crippen LogP contribution in [0.1, 0.15) is 44.1 Å². The van der Waals surface area contributed by atoms with Crippen LogP contribution in [0.25, 0.3) is 0 Å². The number of nitrogens with zero attached hydrogens (tertiary/aromatic N) is 1. The smallest absolute Gasteiger partial charge is 0.328 e. The van der Waals surface area contributed by atoms with Crippen LogP contribution in [0, 0.1) is 17.2 Å². The van der Waals surface area contributed by atoms with Gasteiger partial charge in [-0.05, 0) is 50.3 Å². The second-order valence-electron chi connectivity index (χ2n) is 10.5. The Bertz CT molecular complexity index is 1010. The topological polar surface area (TPSA) is 179 Å². The third-order valence-electron chi connectivity index (χ3n) is 7.46. The number of nitrogens with one attached hydrogen (secondary N) is 5. The first-order chi connectivity index (χ1) is 19.3. The van der Waals surface area contributed by atoms with Gasteiger partial charge in [-0.3, -0.25) is 15.0 Å². The van der Waals surface area contributed by atoms with Gasteiger partial charge in [0.15, 0.2) is 0 Å². The number of carbonyl (C=O) groups excluding carboxylic acids is 4. The van der Waals surface area contributed by atoms with Gasteiger partial charge in [0.25, 0.3) is 0 Å². The summed E-state index contributed by atoms with van der Waals surface area (Å²) in [6, 6.07) is 5.82. The van der Waals surface area contributed by atoms with E-state index >= 15 is 0 Å². The van der Waals surface area contributed by atoms with Crippen molar-refractivity contribution in [1.29, 1.82) is 5.41 Å². The third kappa shape index (κ3) is 10.5. The molecule has 2 fully saturated rings. The van der Waals surface area contributed by atoms with Gasteiger partial charge in [-0.15, -0.1) is 12.4 Å². The molecule has 0 aromatic heterocycles. The van der Waals surface area contributed by atoms with Crippen LogP contribution < -0.4 is 27.0 Å². The van der Waals surface area contributed by atoms with Crippen molar-refractivity contribution >= 4 is 42.1 Å². The molecule has 0 aliphatic carbocycles. The number of carbonyl (C=O) groups is 4. The van der Waals surface area contributed by atoms with E-state index in [1.165, 1.54) is 7.11 Å². The molecule has 13 heteroatoms. The van der Waals surface area contributed by atoms with Gasteiger partial charge in [0.1, 0.15) is 23.8 Å². The van der Waals surface area contributed by atoms with Crippen LogP contribution in [0.3, 0.4) is 0 Å². The molecule has 2 saturated heterocycles. The largest absolute Gasteiger partial charge is 0.467 e. The first kappa shape index (κ1) is 33.8. The van der Waals surface area contributed by atoms with Crippen LogP contribution in [0.4, 0.5) is 4.79 Å². The molecule has 0 radical (unpaired) electrons. The number of nitrogens with two attached hydrogens (primary N) is 1. The molecule has 41 heavy (non-hydrogen) atoms. The first-order valence-electron chi connectivity index (χ1n) is 14.1. The monoisotopic (exact) mass is 593 g/mol. The van der Waals surface area contributed by atoms with Gasteiger partial charge in [-0.1, -0.05) is 43.2 Å². The van der Waals surface area contributed by atoms with Gasteiger partial charge in [0, 0.05) is 26.1 Å². The number of ether oxygens (including phenoxy) is 1. The Hall–Kier alpha value is -3.38. The molecule has 2 aliphatic heterocycles. The molecule has 2 heterocycles. The Morgan fingerprint density at radius 2 is 1.76 bits per heavy atom. The summed E-state index contributed by atoms with van der Waals surface area (Å²) in [5.74, 6) is -3.45. The number of halogens is 1. The molecule has 3 rings (SSSR count). The number of hydrogen-bond donors (Lipinski definition) is 6. The maximum absolute atomic E-state index is 13.8. The zero-order valence-electron chi connectivity index (χ0n) is 23.7. The Morgan fingerprint density at radius 1 is 1.07 bits per heavy atom. The molecular formula is C28H44ClN7O5. The summed E-state index contributed by atoms with van der Waals surface area (Å²) in [5.41, 5.74) is 6.69. The standard InChI is InChI=1S/C28H43N7O5.ClH/c1-40-27(38)21(16-19-10-5-4-6-11-19)33-28(39)34-23(26(37)35-14-7-2-3-8-15-35)22(24(29)30)25(36)32-18-20-12-9-13-31-17-20;/h4-6,10-11,20-23,31H,2-3,7-9,12-18H2,1H3,(H3,29,30)(H,32,36)(H2,33,34,39);1H/t20?,21-,22-,23-;/m0./s1. The minimum atomic E-state index is -1.42. The normalized spacial score (nSPS) is 19.2. The number of methoxy groups -OCH3 is 1. The minimum absolute atomic E-state index is 0. The highest BCUT2D eigenvalue weighted by Crippen LogP contribution is 2.16. The summed E-state index contributed by atoms with van der Waals surface area (Å²) in [4.78, 5) is 54.4. The zero-order valence-corrected chi connectivity index (χ0v) is 24.5. The number of esters is 1. The van der Waals surface area contributed by atoms with E-state index in [9.17, 15) is 19.2 Å². The average Bonchev–Trinajstić information content (AvgIpc) is 3.25. The van der Waals surface area contributed by atoms with E-state index in [0.717, 1.165) is 57.2 Å². The summed E-state index contributed by atoms with van der Waals surface area (Å²) in [6.07, 6.45) is 5.68. The van der Waals surface area contributed by atoms with Crippen LogP contribution in [0.2, 0.25) is 0 Å². The van der Waals surface area contributed by atoms with Gasteiger partial charge in [-0.2, -0.15) is 0 Å². The number of amides is 4. The van der Waals surface area contributed by atoms with E-state index in [0.29, 0.717) is 19.6 Å². The first-order valence-corrected chi connectivity index (χ1v) is 14.1. The van der Waals surface area contributed by atoms with E-state index in [2.05, 4.69) is 21.3 Å². The number of rotatable bonds is 11. The molecule has 1 unspecified atom stereocenters. The highest BCUT2D eigenvalue weighted by atomic mass is 35.5. The molecule has 0 spiro atoms. The Morgan fingerprint density at radius 3 is 2.34 bits per heavy atom. The van der Waals surface area contributed by atoms with E-state index in [1.807, 2.05) is 30.3 Å². The zero-order chi connectivity index (χ0) is 28.9. The Balaban J connectivity index is 0.00000588. The molecule has 228 valence electrons. The average molecular weight is 594 g/mol. The maximum Gasteiger partial charge on any atom is 0.328 e. The molecule has 1 aromatic carbocycles. The summed E-state index contributed by atoms with van der Waals surface area (Å²) >= 11 is 0. The van der Waals surface area contributed by atoms with E-state index in [-0.39, 0.29) is 24.7 Å². The molecule has 1 aromatic rings. The van der Waals surface area contributed by atoms with E-state index < -0.39 is 47.7 Å². The van der Waals surface area contributed by atoms with Crippen LogP contribution in [-0.4, -0.2) is 86.5 Å². The molecule has 7 N–H and O–H groups in total. The number of benzene rings is 1. The predicted octanol–water partition coefficient (Wildman–Crippen LogP) is 0.931. The quantitative estimate of drug-likeness (QED) is 0.125. The van der Waals surface area contributed by atoms with Crippen LogP contribution in [0.5, 0.6) is 0 Å². The van der Waals surface area contributed by atoms with Crippen LogP contribution >= 0.6 is 12.4 Å². The second kappa shape index (κ2) is 17.4. The lowest BCUT2D eigenvalue weighted by molar-refractivity contribution is -0.142. The second-order valence-corrected chi connectivity index (χ2v) is 10.5. The van der Waals surface area contributed by atoms with Crippen LogP contribution in [-0.2, 0) is 25.5 Å². The van der Waals surface area contributed by atoms with Gasteiger partial charge < -0.3 is 36.6 Å². The summed E-state index contributed by atoms with van der Waals surface area (Å²) in [6.45, 7) is 3.03. The lowest BCUT2D eigenvalue weighted by Crippen LogP contribution is -2.61. The fraction of sp³-hybridized carbons (Fsp3) is 0.607. The Kier molecular flexibility index (Phi) is 14.4. The lowest BCUT2D eigenvalue weighted by atomic mass is 9.94. The molecule has 4 amide bonds. The molecular weight excluding hydrogens is 550 g/mol. The van der Waals surface area contributed by atoms with Crippen LogP contribution in [0.15, 0.2) is 30.3 Å². The summed E-state index contributed by atoms with van der Waals surface area (Å²) in [5, 5.41) is 19.5. The molecule has 2 aliphatic rings. The number of urea groups is 1. The number of hydrogen-bond acceptors (Lipinski definition) is 7. The highest BCUT2D eigenvalue weighted by Gasteiger charge is 2.40. The Labute approximate surface area is 247 Å². The van der Waals surface area contributed by atoms with E-state index in [1.54, 1.807) is 4.90 Å². The number of likely N-dealkylation sites (tertiary alicyclic amines) is 1. The van der Waals surface area contributed by atoms with Gasteiger partial charge in [0.05, 0.1) is 7.11 Å². The molecule has 0 bridgehead atoms. The molecule has 12 nitrogen and oxygen atoms in total. The van der Waals surface area contributed by atoms with Crippen molar-refractivity contribution in [1.82, 2.24) is 26.2 Å². The van der Waals surface area contributed by atoms with Crippen molar-refractivity contribution in [3.8, 4) is 0 Å². The van der Waals surface area contributed by atoms with Gasteiger partial charge >= 0.3 is 12.0 Å². The van der Waals surface area contributed by atoms with Crippen molar-refractivity contribution in [3.05, 3.63) is 35.9 Å². The SMILES string of the molecule is COC(=O)[C@H](Cc1ccccc1)NC(=O)N[C@H](C(=O)N1CCCCCC1)[C@@H](C(=N)N)C(=O)NCC1CCCNC1.Cl. The summed E-state index contributed by atoms with van der Waals surface area (Å²) in [7, 11) is 1.23. The highest BCUT2D eigenvalue weighted by molar-refractivity contribution is 6.07. The molecule has 4 atom stereocenters. The van der Waals surface area contributed by atoms with Crippen molar-refractivity contribution in [2.75, 3.05) is 39.8 Å². The fourth-order valence-corrected chi connectivity index (χ4v) is 5.23. The fourth-order valence-electron chi connectivity index (χ4n) is 5.23. The van der Waals surface area contributed by atoms with Crippen molar-refractivity contribution < 1.29 is 23.9 Å². The van der Waals surface area contributed by atoms with Gasteiger partial charge in [0.2, 0.25) is 11.8 Å². The maximum atomic E-state index is 13.8. The molecule has 0 saturated carbocycles. The van der Waals surface area contributed by atoms with Crippen molar-refractivity contribution in [2.45, 2.75) is 57.0 Å². The third-order valence-corrected chi connectivity index (χ3v) is 7.46. The minimum Gasteiger partial charge on any atom is -0.467 e. The number of piperidine rings is 1. The predicted molar refractivity (Wildman–Crippen MR) is 158 cm³/mol. The lowest BCUT2D eigenvalue weighted by Gasteiger charge is -2.32.